The van der Waals surface area contributed by atoms with Gasteiger partial charge in [-0.25, -0.2) is 12.7 Å². The second-order valence-electron chi connectivity index (χ2n) is 5.86. The number of piperidine rings is 1. The fourth-order valence-corrected chi connectivity index (χ4v) is 4.78. The number of hydrogen-bond donors (Lipinski definition) is 1. The zero-order valence-corrected chi connectivity index (χ0v) is 14.1. The minimum Gasteiger partial charge on any atom is -0.323 e. The zero-order valence-electron chi connectivity index (χ0n) is 12.4. The van der Waals surface area contributed by atoms with E-state index in [-0.39, 0.29) is 6.04 Å². The fraction of sp³-hybridized carbons (Fsp3) is 0.714. The Balaban J connectivity index is 1.99. The van der Waals surface area contributed by atoms with E-state index in [0.717, 1.165) is 19.3 Å². The average Bonchev–Trinajstić information content (AvgIpc) is 2.69. The Kier molecular flexibility index (Phi) is 4.89. The zero-order chi connectivity index (χ0) is 14.9. The number of aryl methyl sites for hydroxylation is 2. The van der Waals surface area contributed by atoms with Gasteiger partial charge in [-0.1, -0.05) is 0 Å². The summed E-state index contributed by atoms with van der Waals surface area (Å²) in [4.78, 5) is 2.54. The Morgan fingerprint density at radius 3 is 2.75 bits per heavy atom. The smallest absolute Gasteiger partial charge is 0.211 e. The molecule has 1 aliphatic heterocycles. The predicted molar refractivity (Wildman–Crippen MR) is 84.5 cm³/mol. The van der Waals surface area contributed by atoms with Gasteiger partial charge in [0.2, 0.25) is 10.0 Å². The molecule has 2 unspecified atom stereocenters. The molecular formula is C14H24N2O2S2. The molecule has 1 saturated heterocycles. The van der Waals surface area contributed by atoms with Crippen LogP contribution < -0.4 is 5.73 Å². The lowest BCUT2D eigenvalue weighted by Gasteiger charge is -2.32. The molecule has 0 bridgehead atoms. The van der Waals surface area contributed by atoms with E-state index in [9.17, 15) is 8.42 Å². The molecule has 1 aromatic rings. The van der Waals surface area contributed by atoms with Gasteiger partial charge in [-0.3, -0.25) is 0 Å². The van der Waals surface area contributed by atoms with Gasteiger partial charge in [0.1, 0.15) is 0 Å². The van der Waals surface area contributed by atoms with Gasteiger partial charge >= 0.3 is 0 Å². The van der Waals surface area contributed by atoms with Gasteiger partial charge in [-0.05, 0) is 50.7 Å². The Bertz CT molecular complexity index is 546. The Morgan fingerprint density at radius 2 is 2.20 bits per heavy atom. The van der Waals surface area contributed by atoms with Crippen LogP contribution in [-0.2, 0) is 10.0 Å². The van der Waals surface area contributed by atoms with Crippen molar-refractivity contribution in [3.63, 3.8) is 0 Å². The van der Waals surface area contributed by atoms with Crippen LogP contribution in [0.25, 0.3) is 0 Å². The van der Waals surface area contributed by atoms with Crippen LogP contribution in [0.2, 0.25) is 0 Å². The van der Waals surface area contributed by atoms with E-state index < -0.39 is 10.0 Å². The molecule has 6 heteroatoms. The van der Waals surface area contributed by atoms with Gasteiger partial charge < -0.3 is 5.73 Å². The summed E-state index contributed by atoms with van der Waals surface area (Å²) in [7, 11) is -3.07. The van der Waals surface area contributed by atoms with Crippen LogP contribution in [0.4, 0.5) is 0 Å². The van der Waals surface area contributed by atoms with Crippen LogP contribution in [0.1, 0.15) is 40.6 Å². The first-order chi connectivity index (χ1) is 9.27. The molecule has 2 N–H and O–H groups in total. The maximum absolute atomic E-state index is 11.6. The fourth-order valence-electron chi connectivity index (χ4n) is 2.78. The number of nitrogens with two attached hydrogens (primary N) is 1. The molecule has 0 amide bonds. The molecule has 0 saturated carbocycles. The van der Waals surface area contributed by atoms with Gasteiger partial charge in [0, 0.05) is 28.9 Å². The monoisotopic (exact) mass is 316 g/mol. The number of thiophene rings is 1. The normalized spacial score (nSPS) is 22.9. The van der Waals surface area contributed by atoms with Gasteiger partial charge in [-0.2, -0.15) is 0 Å². The first-order valence-electron chi connectivity index (χ1n) is 7.05. The van der Waals surface area contributed by atoms with Gasteiger partial charge in [0.05, 0.1) is 6.26 Å². The van der Waals surface area contributed by atoms with Crippen molar-refractivity contribution >= 4 is 21.4 Å². The molecule has 20 heavy (non-hydrogen) atoms. The third-order valence-corrected chi connectivity index (χ3v) is 6.64. The summed E-state index contributed by atoms with van der Waals surface area (Å²) in [5.74, 6) is 0.371. The number of hydrogen-bond acceptors (Lipinski definition) is 4. The van der Waals surface area contributed by atoms with Crippen LogP contribution in [0.5, 0.6) is 0 Å². The third kappa shape index (κ3) is 3.81. The molecule has 114 valence electrons. The van der Waals surface area contributed by atoms with E-state index in [4.69, 9.17) is 5.73 Å². The van der Waals surface area contributed by atoms with Gasteiger partial charge in [-0.15, -0.1) is 11.3 Å². The Labute approximate surface area is 126 Å². The molecule has 1 fully saturated rings. The highest BCUT2D eigenvalue weighted by Gasteiger charge is 2.27. The molecular weight excluding hydrogens is 292 g/mol. The van der Waals surface area contributed by atoms with Crippen molar-refractivity contribution in [2.45, 2.75) is 39.2 Å². The summed E-state index contributed by atoms with van der Waals surface area (Å²) in [6, 6.07) is 2.19. The molecule has 2 heterocycles. The molecule has 0 aliphatic carbocycles. The molecule has 2 rings (SSSR count). The van der Waals surface area contributed by atoms with Crippen molar-refractivity contribution in [1.82, 2.24) is 4.31 Å². The largest absolute Gasteiger partial charge is 0.323 e. The van der Waals surface area contributed by atoms with E-state index in [1.54, 1.807) is 15.6 Å². The topological polar surface area (TPSA) is 63.4 Å². The average molecular weight is 316 g/mol. The van der Waals surface area contributed by atoms with Gasteiger partial charge in [0.25, 0.3) is 0 Å². The maximum atomic E-state index is 11.6. The van der Waals surface area contributed by atoms with Crippen LogP contribution >= 0.6 is 11.3 Å². The van der Waals surface area contributed by atoms with Crippen LogP contribution in [0, 0.1) is 19.8 Å². The van der Waals surface area contributed by atoms with E-state index in [1.807, 2.05) is 0 Å². The summed E-state index contributed by atoms with van der Waals surface area (Å²) in [5.41, 5.74) is 7.60. The highest BCUT2D eigenvalue weighted by molar-refractivity contribution is 7.88. The summed E-state index contributed by atoms with van der Waals surface area (Å²) in [6.07, 6.45) is 4.17. The highest BCUT2D eigenvalue weighted by atomic mass is 32.2. The van der Waals surface area contributed by atoms with Crippen LogP contribution in [0.15, 0.2) is 6.07 Å². The number of rotatable bonds is 4. The summed E-state index contributed by atoms with van der Waals surface area (Å²) < 4.78 is 24.9. The summed E-state index contributed by atoms with van der Waals surface area (Å²) >= 11 is 1.76. The third-order valence-electron chi connectivity index (χ3n) is 4.09. The highest BCUT2D eigenvalue weighted by Crippen LogP contribution is 2.31. The van der Waals surface area contributed by atoms with Crippen molar-refractivity contribution in [3.8, 4) is 0 Å². The lowest BCUT2D eigenvalue weighted by atomic mass is 9.92. The van der Waals surface area contributed by atoms with Crippen molar-refractivity contribution < 1.29 is 8.42 Å². The molecule has 4 nitrogen and oxygen atoms in total. The quantitative estimate of drug-likeness (QED) is 0.928. The first kappa shape index (κ1) is 15.9. The number of nitrogens with zero attached hydrogens (tertiary/aromatic N) is 1. The minimum atomic E-state index is -3.07. The van der Waals surface area contributed by atoms with Crippen molar-refractivity contribution in [3.05, 3.63) is 21.4 Å². The lowest BCUT2D eigenvalue weighted by Crippen LogP contribution is -2.40. The van der Waals surface area contributed by atoms with E-state index in [2.05, 4.69) is 19.9 Å². The second-order valence-corrected chi connectivity index (χ2v) is 9.13. The van der Waals surface area contributed by atoms with Crippen LogP contribution in [-0.4, -0.2) is 32.1 Å². The second kappa shape index (κ2) is 6.13. The minimum absolute atomic E-state index is 0.0249. The van der Waals surface area contributed by atoms with Crippen LogP contribution in [0.3, 0.4) is 0 Å². The Morgan fingerprint density at radius 1 is 1.50 bits per heavy atom. The number of sulfonamides is 1. The summed E-state index contributed by atoms with van der Waals surface area (Å²) in [5, 5.41) is 0. The Hall–Kier alpha value is -0.430. The van der Waals surface area contributed by atoms with E-state index in [0.29, 0.717) is 19.0 Å². The van der Waals surface area contributed by atoms with Crippen molar-refractivity contribution in [2.24, 2.45) is 11.7 Å². The van der Waals surface area contributed by atoms with Crippen molar-refractivity contribution in [1.29, 1.82) is 0 Å². The lowest BCUT2D eigenvalue weighted by molar-refractivity contribution is 0.247. The molecule has 0 aromatic carbocycles. The van der Waals surface area contributed by atoms with E-state index in [1.165, 1.54) is 21.6 Å². The molecule has 2 atom stereocenters. The first-order valence-corrected chi connectivity index (χ1v) is 9.71. The van der Waals surface area contributed by atoms with Gasteiger partial charge in [0.15, 0.2) is 0 Å². The standard InChI is InChI=1S/C14H24N2O2S2/c1-10-7-14(19-11(10)2)13(15)8-12-5-4-6-16(9-12)20(3,17)18/h7,12-13H,4-6,8-9,15H2,1-3H3. The SMILES string of the molecule is Cc1cc(C(N)CC2CCCN(S(C)(=O)=O)C2)sc1C. The van der Waals surface area contributed by atoms with E-state index >= 15 is 0 Å². The predicted octanol–water partition coefficient (Wildman–Crippen LogP) is 2.43. The molecule has 1 aliphatic rings. The molecule has 1 aromatic heterocycles. The maximum Gasteiger partial charge on any atom is 0.211 e. The molecule has 0 spiro atoms. The summed E-state index contributed by atoms with van der Waals surface area (Å²) in [6.45, 7) is 5.49. The molecule has 0 radical (unpaired) electrons. The van der Waals surface area contributed by atoms with Crippen molar-refractivity contribution in [2.75, 3.05) is 19.3 Å².